The van der Waals surface area contributed by atoms with E-state index in [-0.39, 0.29) is 35.1 Å². The lowest BCUT2D eigenvalue weighted by molar-refractivity contribution is 0.0956. The Morgan fingerprint density at radius 1 is 0.891 bits per heavy atom. The second-order valence-electron chi connectivity index (χ2n) is 12.5. The first-order chi connectivity index (χ1) is 21.8. The zero-order valence-electron chi connectivity index (χ0n) is 26.2. The van der Waals surface area contributed by atoms with Gasteiger partial charge in [-0.2, -0.15) is 0 Å². The fraction of sp³-hybridized carbons (Fsp3) is 0.243. The van der Waals surface area contributed by atoms with Gasteiger partial charge in [-0.15, -0.1) is 0 Å². The summed E-state index contributed by atoms with van der Waals surface area (Å²) in [6.07, 6.45) is 1.70. The molecule has 0 bridgehead atoms. The van der Waals surface area contributed by atoms with Crippen LogP contribution in [0.1, 0.15) is 59.4 Å². The molecule has 1 aromatic heterocycles. The average Bonchev–Trinajstić information content (AvgIpc) is 3.49. The number of carbonyl (C=O) groups is 1. The van der Waals surface area contributed by atoms with Crippen molar-refractivity contribution in [3.63, 3.8) is 0 Å². The van der Waals surface area contributed by atoms with Crippen molar-refractivity contribution in [1.29, 1.82) is 0 Å². The number of rotatable bonds is 10. The molecule has 1 amide bonds. The minimum atomic E-state index is -3.18. The molecule has 0 aliphatic heterocycles. The second-order valence-corrected chi connectivity index (χ2v) is 14.8. The van der Waals surface area contributed by atoms with E-state index in [2.05, 4.69) is 55.5 Å². The van der Waals surface area contributed by atoms with E-state index in [0.717, 1.165) is 23.4 Å². The summed E-state index contributed by atoms with van der Waals surface area (Å²) in [5.41, 5.74) is 5.91. The molecule has 0 aliphatic carbocycles. The van der Waals surface area contributed by atoms with Crippen molar-refractivity contribution in [1.82, 2.24) is 10.5 Å². The first kappa shape index (κ1) is 32.8. The van der Waals surface area contributed by atoms with Gasteiger partial charge in [-0.25, -0.2) is 17.2 Å². The highest BCUT2D eigenvalue weighted by molar-refractivity contribution is 7.90. The molecule has 0 aliphatic rings. The summed E-state index contributed by atoms with van der Waals surface area (Å²) in [7, 11) is -3.18. The maximum atomic E-state index is 14.5. The Morgan fingerprint density at radius 3 is 2.24 bits per heavy atom. The lowest BCUT2D eigenvalue weighted by Gasteiger charge is -2.21. The SMILES string of the molecule is CC(C)(C)c1ccc(C(Cc2ccc(C(=O)NCCS(C)(=O)=O)cc2)c2cc(-c3cccc(-c4ccc(F)cc4F)c3)on2)cc1. The molecular weight excluding hydrogens is 606 g/mol. The van der Waals surface area contributed by atoms with Gasteiger partial charge in [0.15, 0.2) is 5.76 Å². The van der Waals surface area contributed by atoms with Gasteiger partial charge in [-0.05, 0) is 64.4 Å². The third-order valence-electron chi connectivity index (χ3n) is 7.87. The van der Waals surface area contributed by atoms with Crippen LogP contribution in [0.4, 0.5) is 8.78 Å². The van der Waals surface area contributed by atoms with Crippen LogP contribution >= 0.6 is 0 Å². The van der Waals surface area contributed by atoms with Crippen LogP contribution in [0.2, 0.25) is 0 Å². The van der Waals surface area contributed by atoms with E-state index in [1.165, 1.54) is 17.7 Å². The normalized spacial score (nSPS) is 12.6. The summed E-state index contributed by atoms with van der Waals surface area (Å²) in [5.74, 6) is -1.42. The first-order valence-electron chi connectivity index (χ1n) is 14.9. The Labute approximate surface area is 268 Å². The van der Waals surface area contributed by atoms with Crippen LogP contribution in [0.5, 0.6) is 0 Å². The van der Waals surface area contributed by atoms with Crippen molar-refractivity contribution in [2.24, 2.45) is 0 Å². The topological polar surface area (TPSA) is 89.3 Å². The van der Waals surface area contributed by atoms with Crippen LogP contribution in [-0.2, 0) is 21.7 Å². The smallest absolute Gasteiger partial charge is 0.251 e. The number of nitrogens with one attached hydrogen (secondary N) is 1. The quantitative estimate of drug-likeness (QED) is 0.168. The van der Waals surface area contributed by atoms with Gasteiger partial charge in [0.1, 0.15) is 21.5 Å². The van der Waals surface area contributed by atoms with E-state index in [0.29, 0.717) is 34.6 Å². The minimum Gasteiger partial charge on any atom is -0.356 e. The number of hydrogen-bond acceptors (Lipinski definition) is 5. The van der Waals surface area contributed by atoms with E-state index in [1.54, 1.807) is 30.3 Å². The Hall–Kier alpha value is -4.63. The number of sulfone groups is 1. The number of hydrogen-bond donors (Lipinski definition) is 1. The monoisotopic (exact) mass is 642 g/mol. The fourth-order valence-electron chi connectivity index (χ4n) is 5.24. The summed E-state index contributed by atoms with van der Waals surface area (Å²) < 4.78 is 56.6. The summed E-state index contributed by atoms with van der Waals surface area (Å²) in [6, 6.07) is 28.2. The predicted molar refractivity (Wildman–Crippen MR) is 176 cm³/mol. The zero-order chi connectivity index (χ0) is 33.1. The number of amides is 1. The van der Waals surface area contributed by atoms with Crippen LogP contribution in [-0.4, -0.2) is 38.0 Å². The molecule has 5 aromatic rings. The molecule has 1 atom stereocenters. The first-order valence-corrected chi connectivity index (χ1v) is 17.0. The number of carbonyl (C=O) groups excluding carboxylic acids is 1. The van der Waals surface area contributed by atoms with Crippen molar-refractivity contribution < 1.29 is 26.5 Å². The molecule has 0 fully saturated rings. The number of halogens is 2. The Balaban J connectivity index is 1.42. The Bertz CT molecular complexity index is 1940. The molecule has 1 unspecified atom stereocenters. The van der Waals surface area contributed by atoms with Crippen molar-refractivity contribution in [2.45, 2.75) is 38.5 Å². The molecule has 4 aromatic carbocycles. The second kappa shape index (κ2) is 13.4. The van der Waals surface area contributed by atoms with E-state index in [9.17, 15) is 22.0 Å². The van der Waals surface area contributed by atoms with Gasteiger partial charge in [0.25, 0.3) is 5.91 Å². The van der Waals surface area contributed by atoms with Crippen LogP contribution in [0.3, 0.4) is 0 Å². The highest BCUT2D eigenvalue weighted by Gasteiger charge is 2.22. The minimum absolute atomic E-state index is 0.0121. The van der Waals surface area contributed by atoms with Gasteiger partial charge in [0, 0.05) is 47.5 Å². The molecule has 1 N–H and O–H groups in total. The molecule has 238 valence electrons. The van der Waals surface area contributed by atoms with Gasteiger partial charge in [-0.1, -0.05) is 80.5 Å². The molecule has 0 radical (unpaired) electrons. The molecular formula is C37H36F2N2O4S. The van der Waals surface area contributed by atoms with Crippen LogP contribution in [0.15, 0.2) is 102 Å². The van der Waals surface area contributed by atoms with Gasteiger partial charge in [-0.3, -0.25) is 4.79 Å². The third-order valence-corrected chi connectivity index (χ3v) is 8.81. The molecule has 1 heterocycles. The maximum Gasteiger partial charge on any atom is 0.251 e. The molecule has 0 saturated heterocycles. The van der Waals surface area contributed by atoms with Gasteiger partial charge >= 0.3 is 0 Å². The molecule has 6 nitrogen and oxygen atoms in total. The highest BCUT2D eigenvalue weighted by atomic mass is 32.2. The highest BCUT2D eigenvalue weighted by Crippen LogP contribution is 2.34. The van der Waals surface area contributed by atoms with Gasteiger partial charge < -0.3 is 9.84 Å². The summed E-state index contributed by atoms with van der Waals surface area (Å²) in [6.45, 7) is 6.53. The lowest BCUT2D eigenvalue weighted by atomic mass is 9.83. The molecule has 0 spiro atoms. The fourth-order valence-corrected chi connectivity index (χ4v) is 5.71. The summed E-state index contributed by atoms with van der Waals surface area (Å²) in [4.78, 5) is 12.5. The number of benzene rings is 4. The van der Waals surface area contributed by atoms with E-state index >= 15 is 0 Å². The standard InChI is InChI=1S/C37H36F2N2O4S/c1-37(2,3)29-14-12-25(13-15-29)32(20-24-8-10-26(11-9-24)36(42)40-18-19-46(4,43)44)34-23-35(45-41-34)28-7-5-6-27(21-28)31-17-16-30(38)22-33(31)39/h5-17,21-23,32H,18-20H2,1-4H3,(H,40,42). The predicted octanol–water partition coefficient (Wildman–Crippen LogP) is 7.73. The lowest BCUT2D eigenvalue weighted by Crippen LogP contribution is -2.28. The van der Waals surface area contributed by atoms with Crippen molar-refractivity contribution in [3.8, 4) is 22.5 Å². The van der Waals surface area contributed by atoms with Crippen molar-refractivity contribution in [3.05, 3.63) is 137 Å². The number of nitrogens with zero attached hydrogens (tertiary/aromatic N) is 1. The molecule has 9 heteroatoms. The third kappa shape index (κ3) is 8.14. The Morgan fingerprint density at radius 2 is 1.59 bits per heavy atom. The van der Waals surface area contributed by atoms with Crippen molar-refractivity contribution in [2.75, 3.05) is 18.6 Å². The maximum absolute atomic E-state index is 14.5. The summed E-state index contributed by atoms with van der Waals surface area (Å²) >= 11 is 0. The van der Waals surface area contributed by atoms with Crippen LogP contribution in [0, 0.1) is 11.6 Å². The van der Waals surface area contributed by atoms with Crippen LogP contribution < -0.4 is 5.32 Å². The van der Waals surface area contributed by atoms with E-state index in [4.69, 9.17) is 4.52 Å². The van der Waals surface area contributed by atoms with Crippen molar-refractivity contribution >= 4 is 15.7 Å². The Kier molecular flexibility index (Phi) is 9.53. The molecule has 0 saturated carbocycles. The van der Waals surface area contributed by atoms with Crippen LogP contribution in [0.25, 0.3) is 22.5 Å². The van der Waals surface area contributed by atoms with E-state index < -0.39 is 21.5 Å². The summed E-state index contributed by atoms with van der Waals surface area (Å²) in [5, 5.41) is 7.10. The number of aromatic nitrogens is 1. The van der Waals surface area contributed by atoms with Gasteiger partial charge in [0.2, 0.25) is 0 Å². The molecule has 5 rings (SSSR count). The van der Waals surface area contributed by atoms with E-state index in [1.807, 2.05) is 24.3 Å². The average molecular weight is 643 g/mol. The van der Waals surface area contributed by atoms with Gasteiger partial charge in [0.05, 0.1) is 11.4 Å². The zero-order valence-corrected chi connectivity index (χ0v) is 27.0. The largest absolute Gasteiger partial charge is 0.356 e. The molecule has 46 heavy (non-hydrogen) atoms.